The van der Waals surface area contributed by atoms with Gasteiger partial charge in [-0.15, -0.1) is 15.3 Å². The van der Waals surface area contributed by atoms with Gasteiger partial charge in [0.2, 0.25) is 0 Å². The van der Waals surface area contributed by atoms with Crippen molar-refractivity contribution >= 4 is 45.4 Å². The fourth-order valence-corrected chi connectivity index (χ4v) is 2.28. The molecule has 22 heavy (non-hydrogen) atoms. The molecule has 1 aromatic heterocycles. The molecule has 0 saturated heterocycles. The number of nitrogens with zero attached hydrogens (tertiary/aromatic N) is 5. The molecule has 6 nitrogen and oxygen atoms in total. The maximum absolute atomic E-state index is 5.88. The van der Waals surface area contributed by atoms with Gasteiger partial charge in [-0.1, -0.05) is 39.7 Å². The van der Waals surface area contributed by atoms with Crippen LogP contribution in [0.15, 0.2) is 56.1 Å². The summed E-state index contributed by atoms with van der Waals surface area (Å²) in [6, 6.07) is 11.1. The van der Waals surface area contributed by atoms with Gasteiger partial charge in [0.25, 0.3) is 0 Å². The highest BCUT2D eigenvalue weighted by Gasteiger charge is 2.28. The van der Waals surface area contributed by atoms with E-state index in [0.717, 1.165) is 10.0 Å². The highest BCUT2D eigenvalue weighted by Crippen LogP contribution is 2.21. The van der Waals surface area contributed by atoms with E-state index in [1.807, 2.05) is 24.3 Å². The second-order valence-corrected chi connectivity index (χ2v) is 5.81. The fourth-order valence-electron chi connectivity index (χ4n) is 1.91. The highest BCUT2D eigenvalue weighted by molar-refractivity contribution is 9.10. The van der Waals surface area contributed by atoms with Crippen LogP contribution in [0.2, 0.25) is 5.15 Å². The number of nitrogens with two attached hydrogens (primary N) is 1. The Kier molecular flexibility index (Phi) is 4.26. The first-order valence-corrected chi connectivity index (χ1v) is 7.50. The minimum absolute atomic E-state index is 0.314. The normalized spacial score (nSPS) is 17.6. The van der Waals surface area contributed by atoms with Gasteiger partial charge in [-0.2, -0.15) is 5.10 Å². The van der Waals surface area contributed by atoms with Gasteiger partial charge < -0.3 is 5.73 Å². The summed E-state index contributed by atoms with van der Waals surface area (Å²) in [6.45, 7) is 0. The Balaban J connectivity index is 1.84. The Morgan fingerprint density at radius 1 is 1.09 bits per heavy atom. The molecule has 3 rings (SSSR count). The van der Waals surface area contributed by atoms with E-state index in [9.17, 15) is 0 Å². The van der Waals surface area contributed by atoms with Crippen LogP contribution in [0.5, 0.6) is 0 Å². The average Bonchev–Trinajstić information content (AvgIpc) is 2.89. The molecule has 8 heteroatoms. The smallest absolute Gasteiger partial charge is 0.167 e. The number of hydrogen-bond donors (Lipinski definition) is 1. The lowest BCUT2D eigenvalue weighted by molar-refractivity contribution is 0.934. The van der Waals surface area contributed by atoms with E-state index in [2.05, 4.69) is 41.3 Å². The zero-order valence-corrected chi connectivity index (χ0v) is 13.5. The standard InChI is InChI=1S/C14H10BrClN6/c15-9-3-1-8(2-4-9)7-18-14-12(13(17)21-22-14)10-5-6-11(16)20-19-10/h1-7,12H,(H2,17,21). The third kappa shape index (κ3) is 3.20. The topological polar surface area (TPSA) is 88.9 Å². The summed E-state index contributed by atoms with van der Waals surface area (Å²) in [5.74, 6) is 0.396. The van der Waals surface area contributed by atoms with Gasteiger partial charge in [0, 0.05) is 10.7 Å². The Labute approximate surface area is 140 Å². The Morgan fingerprint density at radius 3 is 2.55 bits per heavy atom. The van der Waals surface area contributed by atoms with Crippen LogP contribution < -0.4 is 5.73 Å². The van der Waals surface area contributed by atoms with E-state index in [-0.39, 0.29) is 0 Å². The molecule has 0 bridgehead atoms. The van der Waals surface area contributed by atoms with Crippen molar-refractivity contribution in [1.82, 2.24) is 10.2 Å². The number of amidine groups is 2. The fraction of sp³-hybridized carbons (Fsp3) is 0.0714. The van der Waals surface area contributed by atoms with Gasteiger partial charge in [-0.05, 0) is 29.8 Å². The zero-order chi connectivity index (χ0) is 15.5. The molecule has 2 heterocycles. The van der Waals surface area contributed by atoms with Crippen LogP contribution >= 0.6 is 27.5 Å². The lowest BCUT2D eigenvalue weighted by atomic mass is 10.0. The van der Waals surface area contributed by atoms with Crippen LogP contribution in [-0.2, 0) is 0 Å². The third-order valence-corrected chi connectivity index (χ3v) is 3.72. The first-order chi connectivity index (χ1) is 10.6. The second kappa shape index (κ2) is 6.33. The van der Waals surface area contributed by atoms with E-state index < -0.39 is 5.92 Å². The van der Waals surface area contributed by atoms with Gasteiger partial charge in [0.1, 0.15) is 11.8 Å². The third-order valence-electron chi connectivity index (χ3n) is 2.99. The Bertz CT molecular complexity index is 767. The van der Waals surface area contributed by atoms with Crippen LogP contribution in [0.25, 0.3) is 0 Å². The van der Waals surface area contributed by atoms with Gasteiger partial charge in [0.05, 0.1) is 5.69 Å². The summed E-state index contributed by atoms with van der Waals surface area (Å²) < 4.78 is 1.00. The number of halogens is 2. The molecular weight excluding hydrogens is 368 g/mol. The van der Waals surface area contributed by atoms with Gasteiger partial charge in [0.15, 0.2) is 11.0 Å². The maximum Gasteiger partial charge on any atom is 0.167 e. The van der Waals surface area contributed by atoms with Crippen LogP contribution in [0.3, 0.4) is 0 Å². The second-order valence-electron chi connectivity index (χ2n) is 4.51. The molecule has 1 aromatic carbocycles. The van der Waals surface area contributed by atoms with Crippen molar-refractivity contribution in [3.05, 3.63) is 57.3 Å². The zero-order valence-electron chi connectivity index (χ0n) is 11.2. The van der Waals surface area contributed by atoms with Crippen molar-refractivity contribution in [3.63, 3.8) is 0 Å². The SMILES string of the molecule is NC1=NN=C(N=Cc2ccc(Br)cc2)C1c1ccc(Cl)nn1. The predicted octanol–water partition coefficient (Wildman–Crippen LogP) is 2.78. The monoisotopic (exact) mass is 376 g/mol. The number of rotatable bonds is 2. The van der Waals surface area contributed by atoms with Gasteiger partial charge in [-0.25, -0.2) is 4.99 Å². The molecule has 110 valence electrons. The van der Waals surface area contributed by atoms with Gasteiger partial charge in [-0.3, -0.25) is 0 Å². The molecular formula is C14H10BrClN6. The lowest BCUT2D eigenvalue weighted by Gasteiger charge is -2.08. The maximum atomic E-state index is 5.88. The van der Waals surface area contributed by atoms with Crippen molar-refractivity contribution in [2.24, 2.45) is 20.9 Å². The summed E-state index contributed by atoms with van der Waals surface area (Å²) in [7, 11) is 0. The van der Waals surface area contributed by atoms with Crippen LogP contribution in [0, 0.1) is 0 Å². The van der Waals surface area contributed by atoms with E-state index in [0.29, 0.717) is 22.5 Å². The lowest BCUT2D eigenvalue weighted by Crippen LogP contribution is -2.25. The minimum atomic E-state index is -0.406. The summed E-state index contributed by atoms with van der Waals surface area (Å²) in [5.41, 5.74) is 7.43. The van der Waals surface area contributed by atoms with Gasteiger partial charge >= 0.3 is 0 Å². The molecule has 0 saturated carbocycles. The summed E-state index contributed by atoms with van der Waals surface area (Å²) >= 11 is 9.13. The quantitative estimate of drug-likeness (QED) is 0.816. The Hall–Kier alpha value is -2.12. The van der Waals surface area contributed by atoms with E-state index >= 15 is 0 Å². The summed E-state index contributed by atoms with van der Waals surface area (Å²) in [6.07, 6.45) is 1.70. The van der Waals surface area contributed by atoms with Crippen molar-refractivity contribution < 1.29 is 0 Å². The van der Waals surface area contributed by atoms with Crippen LogP contribution in [0.4, 0.5) is 0 Å². The molecule has 0 fully saturated rings. The van der Waals surface area contributed by atoms with Crippen molar-refractivity contribution in [2.75, 3.05) is 0 Å². The number of aromatic nitrogens is 2. The minimum Gasteiger partial charge on any atom is -0.385 e. The summed E-state index contributed by atoms with van der Waals surface area (Å²) in [4.78, 5) is 4.37. The molecule has 0 aliphatic carbocycles. The molecule has 1 aliphatic rings. The molecule has 1 atom stereocenters. The number of hydrogen-bond acceptors (Lipinski definition) is 6. The predicted molar refractivity (Wildman–Crippen MR) is 90.6 cm³/mol. The first-order valence-electron chi connectivity index (χ1n) is 6.33. The van der Waals surface area contributed by atoms with Crippen LogP contribution in [0.1, 0.15) is 17.2 Å². The van der Waals surface area contributed by atoms with Crippen LogP contribution in [-0.4, -0.2) is 28.1 Å². The first kappa shape index (κ1) is 14.8. The number of aliphatic imine (C=N–C) groups is 1. The molecule has 1 unspecified atom stereocenters. The molecule has 2 aromatic rings. The Morgan fingerprint density at radius 2 is 1.86 bits per heavy atom. The molecule has 0 amide bonds. The average molecular weight is 378 g/mol. The molecule has 2 N–H and O–H groups in total. The summed E-state index contributed by atoms with van der Waals surface area (Å²) in [5, 5.41) is 16.0. The van der Waals surface area contributed by atoms with E-state index in [1.165, 1.54) is 0 Å². The van der Waals surface area contributed by atoms with Crippen molar-refractivity contribution in [3.8, 4) is 0 Å². The van der Waals surface area contributed by atoms with E-state index in [1.54, 1.807) is 18.3 Å². The van der Waals surface area contributed by atoms with Crippen molar-refractivity contribution in [2.45, 2.75) is 5.92 Å². The number of benzene rings is 1. The van der Waals surface area contributed by atoms with E-state index in [4.69, 9.17) is 17.3 Å². The molecule has 0 radical (unpaired) electrons. The van der Waals surface area contributed by atoms with Crippen molar-refractivity contribution in [1.29, 1.82) is 0 Å². The molecule has 1 aliphatic heterocycles. The largest absolute Gasteiger partial charge is 0.385 e. The molecule has 0 spiro atoms. The highest BCUT2D eigenvalue weighted by atomic mass is 79.9.